The number of benzene rings is 1. The van der Waals surface area contributed by atoms with Gasteiger partial charge in [0, 0.05) is 24.7 Å². The van der Waals surface area contributed by atoms with E-state index in [0.29, 0.717) is 18.8 Å². The van der Waals surface area contributed by atoms with Crippen LogP contribution in [-0.4, -0.2) is 18.5 Å². The number of anilines is 1. The predicted molar refractivity (Wildman–Crippen MR) is 77.0 cm³/mol. The van der Waals surface area contributed by atoms with Gasteiger partial charge in [0.2, 0.25) is 5.91 Å². The van der Waals surface area contributed by atoms with Crippen molar-refractivity contribution in [1.29, 1.82) is 0 Å². The molecule has 0 radical (unpaired) electrons. The van der Waals surface area contributed by atoms with Gasteiger partial charge in [-0.05, 0) is 17.7 Å². The topological polar surface area (TPSA) is 110 Å². The predicted octanol–water partition coefficient (Wildman–Crippen LogP) is 0.810. The smallest absolute Gasteiger partial charge is 0.312 e. The molecule has 0 fully saturated rings. The van der Waals surface area contributed by atoms with E-state index < -0.39 is 6.03 Å². The quantitative estimate of drug-likeness (QED) is 0.643. The molecule has 106 valence electrons. The molecule has 0 bridgehead atoms. The minimum atomic E-state index is -0.566. The summed E-state index contributed by atoms with van der Waals surface area (Å²) < 4.78 is 0. The Kier molecular flexibility index (Phi) is 7.55. The van der Waals surface area contributed by atoms with Crippen LogP contribution >= 0.6 is 12.4 Å². The van der Waals surface area contributed by atoms with E-state index in [2.05, 4.69) is 10.6 Å². The summed E-state index contributed by atoms with van der Waals surface area (Å²) in [6, 6.07) is 6.57. The Balaban J connectivity index is 0.00000324. The molecule has 0 aromatic heterocycles. The van der Waals surface area contributed by atoms with Crippen molar-refractivity contribution >= 4 is 30.0 Å². The van der Waals surface area contributed by atoms with Gasteiger partial charge in [-0.2, -0.15) is 0 Å². The number of nitrogens with two attached hydrogens (primary N) is 2. The lowest BCUT2D eigenvalue weighted by molar-refractivity contribution is -0.119. The number of halogens is 1. The maximum Gasteiger partial charge on any atom is 0.312 e. The zero-order valence-electron chi connectivity index (χ0n) is 10.7. The number of amides is 3. The first kappa shape index (κ1) is 17.2. The molecule has 0 spiro atoms. The molecule has 6 nitrogen and oxygen atoms in total. The van der Waals surface area contributed by atoms with Crippen molar-refractivity contribution in [3.63, 3.8) is 0 Å². The molecular weight excluding hydrogens is 268 g/mol. The molecule has 0 heterocycles. The van der Waals surface area contributed by atoms with Crippen LogP contribution in [0.3, 0.4) is 0 Å². The average molecular weight is 287 g/mol. The average Bonchev–Trinajstić information content (AvgIpc) is 2.36. The molecule has 0 saturated heterocycles. The van der Waals surface area contributed by atoms with Crippen molar-refractivity contribution in [2.75, 3.05) is 11.9 Å². The second kappa shape index (κ2) is 8.34. The van der Waals surface area contributed by atoms with Gasteiger partial charge in [-0.1, -0.05) is 19.1 Å². The number of carbonyl (C=O) groups excluding carboxylic acids is 2. The lowest BCUT2D eigenvalue weighted by Crippen LogP contribution is -2.28. The van der Waals surface area contributed by atoms with Crippen molar-refractivity contribution < 1.29 is 9.59 Å². The number of primary amides is 1. The monoisotopic (exact) mass is 286 g/mol. The Labute approximate surface area is 118 Å². The van der Waals surface area contributed by atoms with Crippen LogP contribution in [0.25, 0.3) is 0 Å². The van der Waals surface area contributed by atoms with Gasteiger partial charge in [-0.25, -0.2) is 4.79 Å². The van der Waals surface area contributed by atoms with Gasteiger partial charge in [0.15, 0.2) is 0 Å². The van der Waals surface area contributed by atoms with E-state index in [1.807, 2.05) is 0 Å². The largest absolute Gasteiger partial charge is 0.352 e. The highest BCUT2D eigenvalue weighted by Gasteiger charge is 2.10. The lowest BCUT2D eigenvalue weighted by atomic mass is 10.1. The van der Waals surface area contributed by atoms with Crippen LogP contribution in [0.2, 0.25) is 0 Å². The molecule has 3 amide bonds. The Morgan fingerprint density at radius 2 is 1.84 bits per heavy atom. The highest BCUT2D eigenvalue weighted by atomic mass is 35.5. The maximum atomic E-state index is 11.6. The van der Waals surface area contributed by atoms with Gasteiger partial charge in [0.05, 0.1) is 0 Å². The van der Waals surface area contributed by atoms with Crippen molar-refractivity contribution in [1.82, 2.24) is 5.32 Å². The van der Waals surface area contributed by atoms with E-state index in [9.17, 15) is 9.59 Å². The summed E-state index contributed by atoms with van der Waals surface area (Å²) in [5.74, 6) is -0.332. The first-order valence-electron chi connectivity index (χ1n) is 5.66. The highest BCUT2D eigenvalue weighted by Crippen LogP contribution is 2.10. The minimum absolute atomic E-state index is 0. The molecule has 1 aromatic rings. The Morgan fingerprint density at radius 1 is 1.26 bits per heavy atom. The number of hydrogen-bond acceptors (Lipinski definition) is 3. The van der Waals surface area contributed by atoms with Crippen LogP contribution in [0, 0.1) is 5.92 Å². The Bertz CT molecular complexity index is 422. The highest BCUT2D eigenvalue weighted by molar-refractivity contribution is 5.92. The third kappa shape index (κ3) is 6.08. The van der Waals surface area contributed by atoms with E-state index in [4.69, 9.17) is 11.5 Å². The molecule has 0 aliphatic rings. The van der Waals surface area contributed by atoms with Gasteiger partial charge >= 0.3 is 6.03 Å². The molecule has 1 rings (SSSR count). The molecule has 1 unspecified atom stereocenters. The van der Waals surface area contributed by atoms with Gasteiger partial charge in [-0.15, -0.1) is 12.4 Å². The van der Waals surface area contributed by atoms with Crippen LogP contribution in [0.1, 0.15) is 12.5 Å². The maximum absolute atomic E-state index is 11.6. The molecule has 7 heteroatoms. The van der Waals surface area contributed by atoms with Crippen molar-refractivity contribution in [3.8, 4) is 0 Å². The lowest BCUT2D eigenvalue weighted by Gasteiger charge is -2.10. The molecule has 6 N–H and O–H groups in total. The Morgan fingerprint density at radius 3 is 2.32 bits per heavy atom. The fourth-order valence-electron chi connectivity index (χ4n) is 1.27. The zero-order valence-corrected chi connectivity index (χ0v) is 11.5. The van der Waals surface area contributed by atoms with Crippen molar-refractivity contribution in [2.24, 2.45) is 17.4 Å². The van der Waals surface area contributed by atoms with E-state index in [1.165, 1.54) is 0 Å². The van der Waals surface area contributed by atoms with Gasteiger partial charge in [0.1, 0.15) is 0 Å². The second-order valence-electron chi connectivity index (χ2n) is 4.04. The van der Waals surface area contributed by atoms with Crippen molar-refractivity contribution in [2.45, 2.75) is 13.5 Å². The molecule has 1 atom stereocenters. The standard InChI is InChI=1S/C12H18N4O2.ClH/c1-8(6-13)11(17)16-10-4-2-9(3-5-10)7-15-12(14)18;/h2-5,8H,6-7,13H2,1H3,(H,16,17)(H3,14,15,18);1H. The fraction of sp³-hybridized carbons (Fsp3) is 0.333. The molecule has 1 aromatic carbocycles. The third-order valence-corrected chi connectivity index (χ3v) is 2.49. The molecule has 0 aliphatic carbocycles. The number of rotatable bonds is 5. The summed E-state index contributed by atoms with van der Waals surface area (Å²) in [5.41, 5.74) is 12.0. The summed E-state index contributed by atoms with van der Waals surface area (Å²) in [5, 5.41) is 5.24. The first-order valence-corrected chi connectivity index (χ1v) is 5.66. The zero-order chi connectivity index (χ0) is 13.5. The van der Waals surface area contributed by atoms with Crippen LogP contribution in [-0.2, 0) is 11.3 Å². The molecule has 19 heavy (non-hydrogen) atoms. The van der Waals surface area contributed by atoms with Gasteiger partial charge in [-0.3, -0.25) is 4.79 Å². The number of hydrogen-bond donors (Lipinski definition) is 4. The summed E-state index contributed by atoms with van der Waals surface area (Å²) in [4.78, 5) is 22.1. The van der Waals surface area contributed by atoms with Crippen LogP contribution in [0.5, 0.6) is 0 Å². The normalized spacial score (nSPS) is 11.1. The third-order valence-electron chi connectivity index (χ3n) is 2.49. The number of carbonyl (C=O) groups is 2. The Hall–Kier alpha value is -1.79. The summed E-state index contributed by atoms with van der Waals surface area (Å²) in [6.45, 7) is 2.44. The molecule has 0 saturated carbocycles. The number of urea groups is 1. The molecule has 0 aliphatic heterocycles. The van der Waals surface area contributed by atoms with Crippen LogP contribution in [0.4, 0.5) is 10.5 Å². The summed E-state index contributed by atoms with van der Waals surface area (Å²) in [6.07, 6.45) is 0. The van der Waals surface area contributed by atoms with E-state index in [-0.39, 0.29) is 24.2 Å². The number of nitrogens with one attached hydrogen (secondary N) is 2. The van der Waals surface area contributed by atoms with Crippen LogP contribution in [0.15, 0.2) is 24.3 Å². The van der Waals surface area contributed by atoms with E-state index >= 15 is 0 Å². The van der Waals surface area contributed by atoms with Gasteiger partial charge < -0.3 is 22.1 Å². The first-order chi connectivity index (χ1) is 8.52. The molecular formula is C12H19ClN4O2. The fourth-order valence-corrected chi connectivity index (χ4v) is 1.27. The van der Waals surface area contributed by atoms with Crippen LogP contribution < -0.4 is 22.1 Å². The SMILES string of the molecule is CC(CN)C(=O)Nc1ccc(CNC(N)=O)cc1.Cl. The minimum Gasteiger partial charge on any atom is -0.352 e. The summed E-state index contributed by atoms with van der Waals surface area (Å²) >= 11 is 0. The van der Waals surface area contributed by atoms with Gasteiger partial charge in [0.25, 0.3) is 0 Å². The second-order valence-corrected chi connectivity index (χ2v) is 4.04. The van der Waals surface area contributed by atoms with E-state index in [1.54, 1.807) is 31.2 Å². The van der Waals surface area contributed by atoms with Crippen molar-refractivity contribution in [3.05, 3.63) is 29.8 Å². The summed E-state index contributed by atoms with van der Waals surface area (Å²) in [7, 11) is 0. The van der Waals surface area contributed by atoms with E-state index in [0.717, 1.165) is 5.56 Å².